The molecule has 4 aliphatic rings. The Kier molecular flexibility index (Phi) is 15.2. The number of nitrogens with zero attached hydrogens (tertiary/aromatic N) is 1. The highest BCUT2D eigenvalue weighted by Gasteiger charge is 2.53. The van der Waals surface area contributed by atoms with E-state index >= 15 is 0 Å². The van der Waals surface area contributed by atoms with Gasteiger partial charge in [-0.1, -0.05) is 35.0 Å². The van der Waals surface area contributed by atoms with Crippen molar-refractivity contribution >= 4 is 41.1 Å². The smallest absolute Gasteiger partial charge is 0.322 e. The van der Waals surface area contributed by atoms with Gasteiger partial charge in [0, 0.05) is 28.9 Å². The van der Waals surface area contributed by atoms with E-state index in [0.29, 0.717) is 5.56 Å². The summed E-state index contributed by atoms with van der Waals surface area (Å²) in [7, 11) is 0. The Labute approximate surface area is 363 Å². The summed E-state index contributed by atoms with van der Waals surface area (Å²) in [5.41, 5.74) is 18.9. The topological polar surface area (TPSA) is 390 Å². The van der Waals surface area contributed by atoms with Crippen molar-refractivity contribution in [3.63, 3.8) is 0 Å². The van der Waals surface area contributed by atoms with Gasteiger partial charge in [-0.15, -0.1) is 11.8 Å². The Morgan fingerprint density at radius 3 is 2.15 bits per heavy atom. The van der Waals surface area contributed by atoms with E-state index in [1.165, 1.54) is 6.92 Å². The fraction of sp³-hybridized carbons (Fsp3) is 0.676. The number of aliphatic hydroxyl groups excluding tert-OH is 7. The van der Waals surface area contributed by atoms with Crippen LogP contribution in [-0.4, -0.2) is 191 Å². The van der Waals surface area contributed by atoms with Gasteiger partial charge in [0.25, 0.3) is 5.91 Å². The molecule has 0 radical (unpaired) electrons. The molecule has 0 unspecified atom stereocenters. The average Bonchev–Trinajstić information content (AvgIpc) is 3.77. The molecule has 62 heavy (non-hydrogen) atoms. The quantitative estimate of drug-likeness (QED) is 0.0896. The van der Waals surface area contributed by atoms with E-state index in [1.54, 1.807) is 38.1 Å². The molecule has 346 valence electrons. The number of ether oxygens (including phenoxy) is 4. The third kappa shape index (κ3) is 9.76. The third-order valence-corrected chi connectivity index (χ3v) is 13.4. The lowest BCUT2D eigenvalue weighted by Crippen LogP contribution is -2.68. The molecule has 1 saturated carbocycles. The van der Waals surface area contributed by atoms with Crippen LogP contribution in [0.3, 0.4) is 0 Å². The maximum Gasteiger partial charge on any atom is 0.322 e. The minimum Gasteiger partial charge on any atom is -0.480 e. The predicted molar refractivity (Wildman–Crippen MR) is 215 cm³/mol. The highest BCUT2D eigenvalue weighted by Crippen LogP contribution is 2.40. The van der Waals surface area contributed by atoms with Crippen LogP contribution in [0.4, 0.5) is 0 Å². The maximum absolute atomic E-state index is 14.1. The van der Waals surface area contributed by atoms with Crippen molar-refractivity contribution in [3.8, 4) is 11.3 Å². The lowest BCUT2D eigenvalue weighted by molar-refractivity contribution is -0.332. The van der Waals surface area contributed by atoms with Crippen LogP contribution >= 0.6 is 23.4 Å². The summed E-state index contributed by atoms with van der Waals surface area (Å²) in [5, 5.41) is 96.0. The van der Waals surface area contributed by atoms with E-state index in [4.69, 9.17) is 52.3 Å². The minimum absolute atomic E-state index is 0.0491. The number of thioether (sulfide) groups is 1. The van der Waals surface area contributed by atoms with Crippen LogP contribution in [0.1, 0.15) is 36.4 Å². The molecule has 25 heteroatoms. The van der Waals surface area contributed by atoms with Crippen molar-refractivity contribution in [2.24, 2.45) is 17.2 Å². The van der Waals surface area contributed by atoms with Crippen molar-refractivity contribution in [1.29, 1.82) is 0 Å². The number of carbonyl (C=O) groups is 3. The molecule has 4 heterocycles. The molecule has 2 amide bonds. The first-order chi connectivity index (χ1) is 29.2. The standard InChI is InChI=1S/C37H54ClN7O16S/c1-11-18(20(45-61-11)12-6-4-5-7-13(12)38)31(53)43-21(33-44-30(34(55)56)37(2,3)62-33)32(54)42-9-16-23(48)25(50)26(51)36(57-16)60-29-15(40)8-14(39)28(27(29)52)59-35-24(49)19(41)22(47)17(10-46)58-35/h4-7,14-17,19,21-30,33,35-36,44,46-52H,8-10,39-41H2,1-3H3,(H,42,54)(H,43,53)(H,55,56)/t14-,15+,16-,17-,19+,21-,22-,23-,24-,25+,26-,27-,28+,29-,30+,33-,35-,36-/m1/s1. The molecule has 1 aliphatic carbocycles. The van der Waals surface area contributed by atoms with E-state index in [1.807, 2.05) is 0 Å². The summed E-state index contributed by atoms with van der Waals surface area (Å²) in [6, 6.07) is 0.598. The Morgan fingerprint density at radius 2 is 1.55 bits per heavy atom. The summed E-state index contributed by atoms with van der Waals surface area (Å²) in [5.74, 6) is -2.81. The molecule has 1 aromatic carbocycles. The van der Waals surface area contributed by atoms with Gasteiger partial charge in [0.05, 0.1) is 23.0 Å². The number of aliphatic carboxylic acids is 1. The summed E-state index contributed by atoms with van der Waals surface area (Å²) in [4.78, 5) is 40.3. The fourth-order valence-electron chi connectivity index (χ4n) is 7.98. The molecule has 23 nitrogen and oxygen atoms in total. The molecular formula is C37H54ClN7O16S. The number of carboxylic acid groups (broad SMARTS) is 1. The van der Waals surface area contributed by atoms with Gasteiger partial charge in [0.1, 0.15) is 90.1 Å². The second kappa shape index (κ2) is 19.5. The summed E-state index contributed by atoms with van der Waals surface area (Å²) < 4.78 is 27.4. The van der Waals surface area contributed by atoms with Gasteiger partial charge < -0.3 is 92.2 Å². The van der Waals surface area contributed by atoms with Crippen LogP contribution in [0.2, 0.25) is 5.02 Å². The number of aryl methyl sites for hydroxylation is 1. The van der Waals surface area contributed by atoms with Gasteiger partial charge in [-0.25, -0.2) is 0 Å². The van der Waals surface area contributed by atoms with Crippen molar-refractivity contribution in [2.45, 2.75) is 141 Å². The van der Waals surface area contributed by atoms with Crippen LogP contribution in [0.15, 0.2) is 28.8 Å². The van der Waals surface area contributed by atoms with Crippen LogP contribution in [0.25, 0.3) is 11.3 Å². The second-order valence-electron chi connectivity index (χ2n) is 16.3. The summed E-state index contributed by atoms with van der Waals surface area (Å²) >= 11 is 7.47. The van der Waals surface area contributed by atoms with Crippen molar-refractivity contribution in [3.05, 3.63) is 40.6 Å². The second-order valence-corrected chi connectivity index (χ2v) is 18.5. The Balaban J connectivity index is 1.18. The van der Waals surface area contributed by atoms with Crippen LogP contribution in [0, 0.1) is 6.92 Å². The Hall–Kier alpha value is -3.12. The van der Waals surface area contributed by atoms with Gasteiger partial charge in [-0.2, -0.15) is 0 Å². The van der Waals surface area contributed by atoms with Gasteiger partial charge in [-0.3, -0.25) is 19.7 Å². The van der Waals surface area contributed by atoms with Crippen molar-refractivity contribution in [1.82, 2.24) is 21.1 Å². The van der Waals surface area contributed by atoms with Crippen molar-refractivity contribution in [2.75, 3.05) is 13.2 Å². The number of aromatic nitrogens is 1. The molecule has 6 rings (SSSR count). The molecular weight excluding hydrogens is 866 g/mol. The van der Waals surface area contributed by atoms with Gasteiger partial charge in [-0.05, 0) is 33.3 Å². The number of rotatable bonds is 13. The number of carboxylic acids is 1. The van der Waals surface area contributed by atoms with Crippen molar-refractivity contribution < 1.29 is 78.7 Å². The lowest BCUT2D eigenvalue weighted by Gasteiger charge is -2.48. The minimum atomic E-state index is -1.93. The normalized spacial score (nSPS) is 38.9. The van der Waals surface area contributed by atoms with Gasteiger partial charge in [0.2, 0.25) is 5.91 Å². The largest absolute Gasteiger partial charge is 0.480 e. The molecule has 0 spiro atoms. The number of benzene rings is 1. The first-order valence-corrected chi connectivity index (χ1v) is 21.0. The molecule has 18 atom stereocenters. The summed E-state index contributed by atoms with van der Waals surface area (Å²) in [6.07, 6.45) is -19.4. The van der Waals surface area contributed by atoms with Crippen LogP contribution in [0.5, 0.6) is 0 Å². The lowest BCUT2D eigenvalue weighted by atomic mass is 9.84. The third-order valence-electron chi connectivity index (χ3n) is 11.5. The van der Waals surface area contributed by atoms with E-state index in [-0.39, 0.29) is 28.5 Å². The number of aliphatic hydroxyl groups is 7. The number of amides is 2. The van der Waals surface area contributed by atoms with Gasteiger partial charge in [0.15, 0.2) is 12.6 Å². The number of carbonyl (C=O) groups excluding carboxylic acids is 2. The van der Waals surface area contributed by atoms with Crippen LogP contribution in [-0.2, 0) is 28.5 Å². The van der Waals surface area contributed by atoms with E-state index in [0.717, 1.165) is 11.8 Å². The molecule has 3 saturated heterocycles. The first-order valence-electron chi connectivity index (χ1n) is 19.7. The average molecular weight is 920 g/mol. The highest BCUT2D eigenvalue weighted by molar-refractivity contribution is 8.01. The molecule has 4 fully saturated rings. The Bertz CT molecular complexity index is 1920. The van der Waals surface area contributed by atoms with Crippen LogP contribution < -0.4 is 33.2 Å². The zero-order valence-electron chi connectivity index (χ0n) is 33.6. The van der Waals surface area contributed by atoms with Gasteiger partial charge >= 0.3 is 5.97 Å². The Morgan fingerprint density at radius 1 is 0.935 bits per heavy atom. The van der Waals surface area contributed by atoms with E-state index < -0.39 is 145 Å². The molecule has 1 aromatic heterocycles. The van der Waals surface area contributed by atoms with E-state index in [2.05, 4.69) is 21.1 Å². The zero-order valence-corrected chi connectivity index (χ0v) is 35.2. The predicted octanol–water partition coefficient (Wildman–Crippen LogP) is -4.82. The molecule has 0 bridgehead atoms. The number of hydrogen-bond donors (Lipinski definition) is 14. The number of hydrogen-bond acceptors (Lipinski definition) is 21. The maximum atomic E-state index is 14.1. The summed E-state index contributed by atoms with van der Waals surface area (Å²) in [6.45, 7) is 3.54. The number of nitrogens with two attached hydrogens (primary N) is 3. The molecule has 2 aromatic rings. The number of nitrogens with one attached hydrogen (secondary N) is 3. The number of halogens is 1. The monoisotopic (exact) mass is 919 g/mol. The molecule has 17 N–H and O–H groups in total. The first kappa shape index (κ1) is 48.3. The zero-order chi connectivity index (χ0) is 45.5. The van der Waals surface area contributed by atoms with E-state index in [9.17, 15) is 55.2 Å². The molecule has 3 aliphatic heterocycles. The highest BCUT2D eigenvalue weighted by atomic mass is 35.5. The fourth-order valence-corrected chi connectivity index (χ4v) is 9.70. The SMILES string of the molecule is Cc1onc(-c2ccccc2Cl)c1C(=O)N[C@H](C(=O)NC[C@H]1O[C@H](O[C@H]2[C@H](O)[C@@H](O[C@H]3O[C@H](CO)[C@@H](O)[C@H](N)[C@H]3O)[C@H](N)C[C@@H]2N)[C@H](O)[C@@H](O)[C@@H]1O)[C@@H]1N[C@@H](C(=O)O)C(C)(C)S1.